The van der Waals surface area contributed by atoms with Crippen molar-refractivity contribution < 1.29 is 19.4 Å². The zero-order chi connectivity index (χ0) is 22.0. The van der Waals surface area contributed by atoms with Crippen molar-refractivity contribution in [3.05, 3.63) is 94.0 Å². The second kappa shape index (κ2) is 8.82. The van der Waals surface area contributed by atoms with Crippen molar-refractivity contribution in [1.82, 2.24) is 5.32 Å². The maximum absolute atomic E-state index is 12.6. The average molecular weight is 436 g/mol. The lowest BCUT2D eigenvalue weighted by Gasteiger charge is -2.20. The number of carboxylic acid groups (broad SMARTS) is 1. The molecule has 0 saturated carbocycles. The summed E-state index contributed by atoms with van der Waals surface area (Å²) in [6.07, 6.45) is -0.908. The molecule has 1 amide bonds. The molecule has 2 N–H and O–H groups in total. The summed E-state index contributed by atoms with van der Waals surface area (Å²) in [5.41, 5.74) is 6.03. The van der Waals surface area contributed by atoms with Crippen LogP contribution in [0.1, 0.15) is 40.6 Å². The van der Waals surface area contributed by atoms with Crippen molar-refractivity contribution in [1.29, 1.82) is 0 Å². The number of carboxylic acids is 1. The Morgan fingerprint density at radius 2 is 1.65 bits per heavy atom. The zero-order valence-corrected chi connectivity index (χ0v) is 17.7. The van der Waals surface area contributed by atoms with E-state index in [1.54, 1.807) is 18.2 Å². The van der Waals surface area contributed by atoms with E-state index in [1.807, 2.05) is 43.3 Å². The largest absolute Gasteiger partial charge is 0.481 e. The third-order valence-electron chi connectivity index (χ3n) is 5.62. The van der Waals surface area contributed by atoms with Gasteiger partial charge in [-0.05, 0) is 52.4 Å². The Hall–Kier alpha value is -3.31. The van der Waals surface area contributed by atoms with Crippen LogP contribution in [0.2, 0.25) is 5.02 Å². The molecule has 0 spiro atoms. The lowest BCUT2D eigenvalue weighted by molar-refractivity contribution is -0.137. The minimum Gasteiger partial charge on any atom is -0.481 e. The summed E-state index contributed by atoms with van der Waals surface area (Å²) in [6.45, 7) is 1.99. The number of nitrogens with one attached hydrogen (secondary N) is 1. The van der Waals surface area contributed by atoms with Gasteiger partial charge < -0.3 is 15.2 Å². The van der Waals surface area contributed by atoms with Crippen LogP contribution < -0.4 is 5.32 Å². The minimum atomic E-state index is -1.02. The van der Waals surface area contributed by atoms with Gasteiger partial charge in [-0.2, -0.15) is 0 Å². The molecular weight excluding hydrogens is 414 g/mol. The summed E-state index contributed by atoms with van der Waals surface area (Å²) in [5.74, 6) is -1.08. The second-order valence-corrected chi connectivity index (χ2v) is 8.06. The van der Waals surface area contributed by atoms with Crippen molar-refractivity contribution in [3.63, 3.8) is 0 Å². The molecule has 1 aliphatic rings. The molecule has 0 bridgehead atoms. The number of carbonyl (C=O) groups is 2. The third-order valence-corrected chi connectivity index (χ3v) is 5.86. The summed E-state index contributed by atoms with van der Waals surface area (Å²) < 4.78 is 5.57. The fraction of sp³-hybridized carbons (Fsp3) is 0.200. The Balaban J connectivity index is 1.50. The van der Waals surface area contributed by atoms with E-state index in [2.05, 4.69) is 17.4 Å². The third kappa shape index (κ3) is 4.42. The van der Waals surface area contributed by atoms with Crippen molar-refractivity contribution in [3.8, 4) is 11.1 Å². The van der Waals surface area contributed by atoms with Crippen LogP contribution >= 0.6 is 11.6 Å². The first-order valence-electron chi connectivity index (χ1n) is 10.0. The molecule has 0 aromatic heterocycles. The molecule has 4 rings (SSSR count). The summed E-state index contributed by atoms with van der Waals surface area (Å²) in [6, 6.07) is 20.6. The van der Waals surface area contributed by atoms with E-state index in [-0.39, 0.29) is 18.9 Å². The smallest absolute Gasteiger partial charge is 0.407 e. The Bertz CT molecular complexity index is 1100. The monoisotopic (exact) mass is 435 g/mol. The second-order valence-electron chi connectivity index (χ2n) is 7.62. The van der Waals surface area contributed by atoms with Crippen LogP contribution in [-0.2, 0) is 9.53 Å². The molecule has 5 nitrogen and oxygen atoms in total. The van der Waals surface area contributed by atoms with E-state index in [4.69, 9.17) is 16.3 Å². The summed E-state index contributed by atoms with van der Waals surface area (Å²) >= 11 is 6.01. The van der Waals surface area contributed by atoms with Crippen LogP contribution in [0.5, 0.6) is 0 Å². The van der Waals surface area contributed by atoms with E-state index < -0.39 is 18.1 Å². The SMILES string of the molecule is Cc1cc(Cl)ccc1[C@@H](CC(=O)O)NC(=O)OCC1c2ccccc2-c2ccccc21. The lowest BCUT2D eigenvalue weighted by atomic mass is 9.98. The number of aryl methyl sites for hydroxylation is 1. The predicted octanol–water partition coefficient (Wildman–Crippen LogP) is 5.70. The van der Waals surface area contributed by atoms with Crippen molar-refractivity contribution in [2.24, 2.45) is 0 Å². The number of benzene rings is 3. The number of rotatable bonds is 6. The number of aliphatic carboxylic acids is 1. The number of alkyl carbamates (subject to hydrolysis) is 1. The quantitative estimate of drug-likeness (QED) is 0.520. The van der Waals surface area contributed by atoms with E-state index in [9.17, 15) is 14.7 Å². The number of hydrogen-bond acceptors (Lipinski definition) is 3. The van der Waals surface area contributed by atoms with Crippen molar-refractivity contribution in [2.45, 2.75) is 25.3 Å². The molecule has 1 atom stereocenters. The van der Waals surface area contributed by atoms with Gasteiger partial charge in [0.15, 0.2) is 0 Å². The normalized spacial score (nSPS) is 13.2. The maximum Gasteiger partial charge on any atom is 0.407 e. The average Bonchev–Trinajstić information content (AvgIpc) is 3.05. The van der Waals surface area contributed by atoms with Gasteiger partial charge in [0.1, 0.15) is 6.61 Å². The topological polar surface area (TPSA) is 75.6 Å². The highest BCUT2D eigenvalue weighted by Gasteiger charge is 2.29. The molecule has 1 aliphatic carbocycles. The molecule has 0 radical (unpaired) electrons. The van der Waals surface area contributed by atoms with Crippen LogP contribution in [0.25, 0.3) is 11.1 Å². The molecule has 0 unspecified atom stereocenters. The highest BCUT2D eigenvalue weighted by molar-refractivity contribution is 6.30. The van der Waals surface area contributed by atoms with Crippen LogP contribution in [0.4, 0.5) is 4.79 Å². The van der Waals surface area contributed by atoms with Crippen LogP contribution in [0.15, 0.2) is 66.7 Å². The number of carbonyl (C=O) groups excluding carboxylic acids is 1. The molecule has 0 aliphatic heterocycles. The van der Waals surface area contributed by atoms with Crippen LogP contribution in [0.3, 0.4) is 0 Å². The lowest BCUT2D eigenvalue weighted by Crippen LogP contribution is -2.32. The van der Waals surface area contributed by atoms with E-state index in [1.165, 1.54) is 0 Å². The van der Waals surface area contributed by atoms with Gasteiger partial charge in [-0.1, -0.05) is 66.2 Å². The fourth-order valence-electron chi connectivity index (χ4n) is 4.23. The molecule has 3 aromatic rings. The molecular formula is C25H22ClNO4. The molecule has 31 heavy (non-hydrogen) atoms. The highest BCUT2D eigenvalue weighted by Crippen LogP contribution is 2.44. The Labute approximate surface area is 185 Å². The Kier molecular flexibility index (Phi) is 5.96. The van der Waals surface area contributed by atoms with E-state index in [0.717, 1.165) is 27.8 Å². The molecule has 158 valence electrons. The molecule has 0 saturated heterocycles. The fourth-order valence-corrected chi connectivity index (χ4v) is 4.45. The number of amides is 1. The number of fused-ring (bicyclic) bond motifs is 3. The highest BCUT2D eigenvalue weighted by atomic mass is 35.5. The summed E-state index contributed by atoms with van der Waals surface area (Å²) in [4.78, 5) is 24.0. The number of hydrogen-bond donors (Lipinski definition) is 2. The molecule has 6 heteroatoms. The van der Waals surface area contributed by atoms with Crippen LogP contribution in [0, 0.1) is 6.92 Å². The maximum atomic E-state index is 12.6. The van der Waals surface area contributed by atoms with Gasteiger partial charge in [0, 0.05) is 10.9 Å². The van der Waals surface area contributed by atoms with Gasteiger partial charge in [-0.15, -0.1) is 0 Å². The number of halogens is 1. The first-order valence-corrected chi connectivity index (χ1v) is 10.4. The summed E-state index contributed by atoms with van der Waals surface area (Å²) in [7, 11) is 0. The Morgan fingerprint density at radius 3 is 2.23 bits per heavy atom. The van der Waals surface area contributed by atoms with Gasteiger partial charge in [-0.3, -0.25) is 4.79 Å². The van der Waals surface area contributed by atoms with Gasteiger partial charge >= 0.3 is 12.1 Å². The van der Waals surface area contributed by atoms with E-state index in [0.29, 0.717) is 10.6 Å². The Morgan fingerprint density at radius 1 is 1.03 bits per heavy atom. The van der Waals surface area contributed by atoms with Crippen molar-refractivity contribution >= 4 is 23.7 Å². The van der Waals surface area contributed by atoms with E-state index >= 15 is 0 Å². The zero-order valence-electron chi connectivity index (χ0n) is 17.0. The molecule has 0 fully saturated rings. The van der Waals surface area contributed by atoms with Gasteiger partial charge in [0.25, 0.3) is 0 Å². The van der Waals surface area contributed by atoms with Gasteiger partial charge in [0.05, 0.1) is 12.5 Å². The molecule has 3 aromatic carbocycles. The summed E-state index contributed by atoms with van der Waals surface area (Å²) in [5, 5.41) is 12.6. The first kappa shape index (κ1) is 20.9. The predicted molar refractivity (Wildman–Crippen MR) is 119 cm³/mol. The number of ether oxygens (including phenoxy) is 1. The van der Waals surface area contributed by atoms with Gasteiger partial charge in [0.2, 0.25) is 0 Å². The molecule has 0 heterocycles. The first-order chi connectivity index (χ1) is 14.9. The van der Waals surface area contributed by atoms with Crippen molar-refractivity contribution in [2.75, 3.05) is 6.61 Å². The minimum absolute atomic E-state index is 0.0617. The van der Waals surface area contributed by atoms with Gasteiger partial charge in [-0.25, -0.2) is 4.79 Å². The standard InChI is InChI=1S/C25H22ClNO4/c1-15-12-16(26)10-11-17(15)23(13-24(28)29)27-25(30)31-14-22-20-8-4-2-6-18(20)19-7-3-5-9-21(19)22/h2-12,22-23H,13-14H2,1H3,(H,27,30)(H,28,29)/t23-/m1/s1. The van der Waals surface area contributed by atoms with Crippen LogP contribution in [-0.4, -0.2) is 23.8 Å².